The number of benzene rings is 1. The topological polar surface area (TPSA) is 51.0 Å². The monoisotopic (exact) mass is 336 g/mol. The van der Waals surface area contributed by atoms with E-state index in [1.54, 1.807) is 6.33 Å². The maximum Gasteiger partial charge on any atom is 0.233 e. The van der Waals surface area contributed by atoms with Gasteiger partial charge in [-0.1, -0.05) is 35.5 Å². The van der Waals surface area contributed by atoms with Crippen LogP contribution in [0.5, 0.6) is 0 Å². The van der Waals surface area contributed by atoms with Gasteiger partial charge in [0.2, 0.25) is 5.91 Å². The van der Waals surface area contributed by atoms with Crippen molar-refractivity contribution in [3.8, 4) is 0 Å². The van der Waals surface area contributed by atoms with Crippen LogP contribution in [0.3, 0.4) is 0 Å². The number of likely N-dealkylation sites (tertiary alicyclic amines) is 1. The summed E-state index contributed by atoms with van der Waals surface area (Å²) in [5.74, 6) is 0.925. The van der Waals surface area contributed by atoms with Crippen LogP contribution in [0.2, 0.25) is 5.02 Å². The first-order chi connectivity index (χ1) is 10.6. The van der Waals surface area contributed by atoms with Crippen LogP contribution in [0.4, 0.5) is 0 Å². The summed E-state index contributed by atoms with van der Waals surface area (Å²) in [6, 6.07) is 7.92. The number of aromatic nitrogens is 3. The second kappa shape index (κ2) is 6.71. The molecule has 0 aliphatic carbocycles. The number of hydrogen-bond donors (Lipinski definition) is 0. The zero-order valence-corrected chi connectivity index (χ0v) is 13.8. The van der Waals surface area contributed by atoms with Crippen molar-refractivity contribution in [1.82, 2.24) is 19.7 Å². The van der Waals surface area contributed by atoms with Crippen molar-refractivity contribution in [3.63, 3.8) is 0 Å². The Balaban J connectivity index is 1.56. The van der Waals surface area contributed by atoms with Gasteiger partial charge in [0.05, 0.1) is 5.75 Å². The molecule has 1 unspecified atom stereocenters. The fourth-order valence-corrected chi connectivity index (χ4v) is 3.63. The Labute approximate surface area is 138 Å². The van der Waals surface area contributed by atoms with Crippen molar-refractivity contribution in [2.24, 2.45) is 7.05 Å². The Bertz CT molecular complexity index is 675. The molecule has 116 valence electrons. The predicted octanol–water partition coefficient (Wildman–Crippen LogP) is 2.58. The predicted molar refractivity (Wildman–Crippen MR) is 87.1 cm³/mol. The first-order valence-corrected chi connectivity index (χ1v) is 8.50. The van der Waals surface area contributed by atoms with Crippen molar-refractivity contribution >= 4 is 29.3 Å². The molecule has 0 radical (unpaired) electrons. The first kappa shape index (κ1) is 15.4. The smallest absolute Gasteiger partial charge is 0.233 e. The third kappa shape index (κ3) is 3.44. The minimum Gasteiger partial charge on any atom is -0.341 e. The number of halogens is 1. The molecular weight excluding hydrogens is 320 g/mol. The van der Waals surface area contributed by atoms with E-state index in [0.717, 1.165) is 29.7 Å². The Morgan fingerprint density at radius 2 is 2.36 bits per heavy atom. The van der Waals surface area contributed by atoms with Gasteiger partial charge in [-0.15, -0.1) is 10.2 Å². The number of thioether (sulfide) groups is 1. The Kier molecular flexibility index (Phi) is 4.69. The number of rotatable bonds is 4. The van der Waals surface area contributed by atoms with Gasteiger partial charge in [0.1, 0.15) is 6.33 Å². The first-order valence-electron chi connectivity index (χ1n) is 7.13. The molecule has 1 aromatic carbocycles. The highest BCUT2D eigenvalue weighted by Crippen LogP contribution is 2.29. The van der Waals surface area contributed by atoms with Crippen LogP contribution < -0.4 is 0 Å². The summed E-state index contributed by atoms with van der Waals surface area (Å²) in [7, 11) is 1.87. The average molecular weight is 337 g/mol. The lowest BCUT2D eigenvalue weighted by molar-refractivity contribution is -0.127. The molecule has 0 bridgehead atoms. The molecule has 0 spiro atoms. The number of aryl methyl sites for hydroxylation is 1. The number of amides is 1. The van der Waals surface area contributed by atoms with E-state index >= 15 is 0 Å². The van der Waals surface area contributed by atoms with E-state index in [4.69, 9.17) is 11.6 Å². The third-order valence-corrected chi connectivity index (χ3v) is 5.11. The summed E-state index contributed by atoms with van der Waals surface area (Å²) >= 11 is 7.47. The molecule has 1 aliphatic heterocycles. The van der Waals surface area contributed by atoms with E-state index in [0.29, 0.717) is 11.7 Å². The zero-order chi connectivity index (χ0) is 15.5. The van der Waals surface area contributed by atoms with Gasteiger partial charge in [0, 0.05) is 31.1 Å². The summed E-state index contributed by atoms with van der Waals surface area (Å²) in [5, 5.41) is 9.30. The Morgan fingerprint density at radius 3 is 3.09 bits per heavy atom. The number of carbonyl (C=O) groups excluding carboxylic acids is 1. The van der Waals surface area contributed by atoms with E-state index < -0.39 is 0 Å². The summed E-state index contributed by atoms with van der Waals surface area (Å²) < 4.78 is 1.82. The van der Waals surface area contributed by atoms with Gasteiger partial charge in [-0.2, -0.15) is 0 Å². The molecular formula is C15H17ClN4OS. The summed E-state index contributed by atoms with van der Waals surface area (Å²) in [6.45, 7) is 1.56. The minimum absolute atomic E-state index is 0.150. The zero-order valence-electron chi connectivity index (χ0n) is 12.3. The quantitative estimate of drug-likeness (QED) is 0.805. The highest BCUT2D eigenvalue weighted by atomic mass is 35.5. The maximum atomic E-state index is 12.3. The van der Waals surface area contributed by atoms with E-state index in [2.05, 4.69) is 16.3 Å². The number of nitrogens with zero attached hydrogens (tertiary/aromatic N) is 4. The highest BCUT2D eigenvalue weighted by molar-refractivity contribution is 7.99. The lowest BCUT2D eigenvalue weighted by atomic mass is 9.99. The molecule has 3 rings (SSSR count). The van der Waals surface area contributed by atoms with Crippen molar-refractivity contribution < 1.29 is 4.79 Å². The second-order valence-electron chi connectivity index (χ2n) is 5.39. The van der Waals surface area contributed by atoms with Crippen molar-refractivity contribution in [2.75, 3.05) is 18.8 Å². The molecule has 1 aliphatic rings. The molecule has 0 saturated carbocycles. The molecule has 5 nitrogen and oxygen atoms in total. The van der Waals surface area contributed by atoms with Crippen LogP contribution >= 0.6 is 23.4 Å². The maximum absolute atomic E-state index is 12.3. The third-order valence-electron chi connectivity index (χ3n) is 3.86. The van der Waals surface area contributed by atoms with Crippen molar-refractivity contribution in [2.45, 2.75) is 17.5 Å². The van der Waals surface area contributed by atoms with Gasteiger partial charge < -0.3 is 9.47 Å². The molecule has 22 heavy (non-hydrogen) atoms. The average Bonchev–Trinajstić information content (AvgIpc) is 3.14. The molecule has 1 atom stereocenters. The van der Waals surface area contributed by atoms with E-state index in [1.807, 2.05) is 34.7 Å². The fourth-order valence-electron chi connectivity index (χ4n) is 2.64. The van der Waals surface area contributed by atoms with Gasteiger partial charge >= 0.3 is 0 Å². The van der Waals surface area contributed by atoms with Gasteiger partial charge in [0.25, 0.3) is 0 Å². The summed E-state index contributed by atoms with van der Waals surface area (Å²) in [4.78, 5) is 14.2. The summed E-state index contributed by atoms with van der Waals surface area (Å²) in [6.07, 6.45) is 2.62. The summed E-state index contributed by atoms with van der Waals surface area (Å²) in [5.41, 5.74) is 1.21. The molecule has 0 N–H and O–H groups in total. The number of carbonyl (C=O) groups is 1. The second-order valence-corrected chi connectivity index (χ2v) is 6.77. The largest absolute Gasteiger partial charge is 0.341 e. The van der Waals surface area contributed by atoms with Crippen molar-refractivity contribution in [3.05, 3.63) is 41.2 Å². The van der Waals surface area contributed by atoms with E-state index in [-0.39, 0.29) is 5.91 Å². The molecule has 1 fully saturated rings. The molecule has 1 aromatic heterocycles. The van der Waals surface area contributed by atoms with Crippen LogP contribution in [0.25, 0.3) is 0 Å². The SMILES string of the molecule is Cn1cnnc1SCC(=O)N1CCC(c2cccc(Cl)c2)C1. The van der Waals surface area contributed by atoms with Crippen LogP contribution in [0.1, 0.15) is 17.9 Å². The van der Waals surface area contributed by atoms with Gasteiger partial charge in [-0.25, -0.2) is 0 Å². The lowest BCUT2D eigenvalue weighted by Crippen LogP contribution is -2.30. The van der Waals surface area contributed by atoms with Crippen molar-refractivity contribution in [1.29, 1.82) is 0 Å². The van der Waals surface area contributed by atoms with Crippen LogP contribution in [0.15, 0.2) is 35.7 Å². The standard InChI is InChI=1S/C15H17ClN4OS/c1-19-10-17-18-15(19)22-9-14(21)20-6-5-12(8-20)11-3-2-4-13(16)7-11/h2-4,7,10,12H,5-6,8-9H2,1H3. The molecule has 7 heteroatoms. The van der Waals surface area contributed by atoms with E-state index in [9.17, 15) is 4.79 Å². The molecule has 2 aromatic rings. The molecule has 1 amide bonds. The van der Waals surface area contributed by atoms with Crippen LogP contribution in [-0.2, 0) is 11.8 Å². The Hall–Kier alpha value is -1.53. The molecule has 1 saturated heterocycles. The lowest BCUT2D eigenvalue weighted by Gasteiger charge is -2.16. The van der Waals surface area contributed by atoms with Gasteiger partial charge in [0.15, 0.2) is 5.16 Å². The van der Waals surface area contributed by atoms with Crippen LogP contribution in [0, 0.1) is 0 Å². The minimum atomic E-state index is 0.150. The number of hydrogen-bond acceptors (Lipinski definition) is 4. The fraction of sp³-hybridized carbons (Fsp3) is 0.400. The Morgan fingerprint density at radius 1 is 1.50 bits per heavy atom. The highest BCUT2D eigenvalue weighted by Gasteiger charge is 2.27. The molecule has 2 heterocycles. The van der Waals surface area contributed by atoms with Gasteiger partial charge in [-0.3, -0.25) is 4.79 Å². The van der Waals surface area contributed by atoms with Crippen LogP contribution in [-0.4, -0.2) is 44.4 Å². The normalized spacial score (nSPS) is 17.9. The van der Waals surface area contributed by atoms with Gasteiger partial charge in [-0.05, 0) is 24.1 Å². The van der Waals surface area contributed by atoms with E-state index in [1.165, 1.54) is 17.3 Å².